The molecule has 2 heteroatoms. The van der Waals surface area contributed by atoms with E-state index in [4.69, 9.17) is 0 Å². The molecule has 3 aromatic carbocycles. The van der Waals surface area contributed by atoms with Crippen molar-refractivity contribution in [3.63, 3.8) is 0 Å². The zero-order valence-corrected chi connectivity index (χ0v) is 20.4. The number of hydrogen-bond acceptors (Lipinski definition) is 1. The molecule has 2 heterocycles. The molecule has 0 amide bonds. The summed E-state index contributed by atoms with van der Waals surface area (Å²) in [5, 5.41) is 2.69. The summed E-state index contributed by atoms with van der Waals surface area (Å²) < 4.78 is 2.42. The summed E-state index contributed by atoms with van der Waals surface area (Å²) in [6.07, 6.45) is 4.90. The van der Waals surface area contributed by atoms with Crippen LogP contribution in [0.3, 0.4) is 0 Å². The largest absolute Gasteiger partial charge is 0.344 e. The van der Waals surface area contributed by atoms with E-state index in [1.807, 2.05) is 0 Å². The molecule has 0 saturated carbocycles. The van der Waals surface area contributed by atoms with Gasteiger partial charge in [-0.15, -0.1) is 0 Å². The molecular formula is C30H35N2+. The lowest BCUT2D eigenvalue weighted by Crippen LogP contribution is -2.32. The second-order valence-corrected chi connectivity index (χ2v) is 10.4. The van der Waals surface area contributed by atoms with Crippen molar-refractivity contribution >= 4 is 27.9 Å². The average molecular weight is 424 g/mol. The van der Waals surface area contributed by atoms with Crippen molar-refractivity contribution in [2.45, 2.75) is 58.3 Å². The van der Waals surface area contributed by atoms with Crippen LogP contribution in [-0.4, -0.2) is 23.9 Å². The molecule has 0 atom stereocenters. The van der Waals surface area contributed by atoms with Crippen molar-refractivity contribution in [2.75, 3.05) is 18.5 Å². The normalized spacial score (nSPS) is 19.7. The molecule has 0 saturated heterocycles. The molecule has 32 heavy (non-hydrogen) atoms. The first-order chi connectivity index (χ1) is 15.3. The molecule has 5 rings (SSSR count). The highest BCUT2D eigenvalue weighted by molar-refractivity contribution is 6.08. The lowest BCUT2D eigenvalue weighted by molar-refractivity contribution is -0.401. The molecule has 0 unspecified atom stereocenters. The van der Waals surface area contributed by atoms with Gasteiger partial charge in [-0.1, -0.05) is 69.7 Å². The van der Waals surface area contributed by atoms with E-state index in [1.54, 1.807) is 0 Å². The summed E-state index contributed by atoms with van der Waals surface area (Å²) in [4.78, 5) is 2.58. The Labute approximate surface area is 192 Å². The van der Waals surface area contributed by atoms with Crippen LogP contribution in [0.2, 0.25) is 0 Å². The smallest absolute Gasteiger partial charge is 0.210 e. The molecule has 2 nitrogen and oxygen atoms in total. The number of fused-ring (bicyclic) bond motifs is 4. The molecular weight excluding hydrogens is 388 g/mol. The van der Waals surface area contributed by atoms with Gasteiger partial charge in [-0.25, -0.2) is 0 Å². The van der Waals surface area contributed by atoms with Gasteiger partial charge in [-0.2, -0.15) is 4.58 Å². The van der Waals surface area contributed by atoms with Crippen LogP contribution in [0, 0.1) is 0 Å². The Morgan fingerprint density at radius 2 is 1.59 bits per heavy atom. The van der Waals surface area contributed by atoms with E-state index in [0.717, 1.165) is 6.54 Å². The van der Waals surface area contributed by atoms with Gasteiger partial charge < -0.3 is 4.90 Å². The average Bonchev–Trinajstić information content (AvgIpc) is 3.12. The fraction of sp³-hybridized carbons (Fsp3) is 0.367. The third-order valence-electron chi connectivity index (χ3n) is 7.70. The van der Waals surface area contributed by atoms with Gasteiger partial charge in [-0.3, -0.25) is 0 Å². The predicted molar refractivity (Wildman–Crippen MR) is 138 cm³/mol. The van der Waals surface area contributed by atoms with Crippen LogP contribution in [0.25, 0.3) is 10.8 Å². The summed E-state index contributed by atoms with van der Waals surface area (Å²) in [6, 6.07) is 22.3. The van der Waals surface area contributed by atoms with Gasteiger partial charge >= 0.3 is 0 Å². The van der Waals surface area contributed by atoms with Crippen molar-refractivity contribution in [2.24, 2.45) is 0 Å². The standard InChI is InChI=1S/C30H35N2/c1-7-8-19-32-24-16-12-11-15-23(24)29(2,3)27(32)20-26-30(4,5)28-22-14-10-9-13-21(22)17-18-25(28)31(26)6/h9-18,20H,7-8,19H2,1-6H3/q+1. The highest BCUT2D eigenvalue weighted by atomic mass is 15.2. The van der Waals surface area contributed by atoms with E-state index in [-0.39, 0.29) is 10.8 Å². The monoisotopic (exact) mass is 423 g/mol. The van der Waals surface area contributed by atoms with Gasteiger partial charge in [0.15, 0.2) is 5.71 Å². The number of anilines is 1. The van der Waals surface area contributed by atoms with Crippen LogP contribution >= 0.6 is 0 Å². The van der Waals surface area contributed by atoms with Crippen LogP contribution in [-0.2, 0) is 10.8 Å². The lowest BCUT2D eigenvalue weighted by atomic mass is 9.77. The minimum absolute atomic E-state index is 0.0227. The Kier molecular flexibility index (Phi) is 4.81. The molecule has 0 fully saturated rings. The highest BCUT2D eigenvalue weighted by Gasteiger charge is 2.47. The summed E-state index contributed by atoms with van der Waals surface area (Å²) in [6.45, 7) is 12.9. The third-order valence-corrected chi connectivity index (χ3v) is 7.70. The number of unbranched alkanes of at least 4 members (excludes halogenated alkanes) is 1. The first-order valence-corrected chi connectivity index (χ1v) is 12.0. The molecule has 0 radical (unpaired) electrons. The maximum Gasteiger partial charge on any atom is 0.210 e. The van der Waals surface area contributed by atoms with E-state index < -0.39 is 0 Å². The highest BCUT2D eigenvalue weighted by Crippen LogP contribution is 2.49. The van der Waals surface area contributed by atoms with Crippen molar-refractivity contribution in [3.05, 3.63) is 83.6 Å². The number of nitrogens with zero attached hydrogens (tertiary/aromatic N) is 2. The van der Waals surface area contributed by atoms with Crippen LogP contribution < -0.4 is 4.90 Å². The number of rotatable bonds is 4. The second-order valence-electron chi connectivity index (χ2n) is 10.4. The second kappa shape index (κ2) is 7.33. The molecule has 3 aromatic rings. The molecule has 0 bridgehead atoms. The van der Waals surface area contributed by atoms with Crippen LogP contribution in [0.1, 0.15) is 58.6 Å². The van der Waals surface area contributed by atoms with E-state index in [9.17, 15) is 0 Å². The van der Waals surface area contributed by atoms with Crippen molar-refractivity contribution < 1.29 is 4.58 Å². The van der Waals surface area contributed by atoms with Crippen molar-refractivity contribution in [1.82, 2.24) is 0 Å². The maximum atomic E-state index is 2.58. The Hall–Kier alpha value is -2.87. The fourth-order valence-electron chi connectivity index (χ4n) is 5.94. The van der Waals surface area contributed by atoms with Gasteiger partial charge in [0.25, 0.3) is 0 Å². The third kappa shape index (κ3) is 2.88. The molecule has 0 spiro atoms. The first-order valence-electron chi connectivity index (χ1n) is 12.0. The Morgan fingerprint density at radius 1 is 0.875 bits per heavy atom. The van der Waals surface area contributed by atoms with Gasteiger partial charge in [0.1, 0.15) is 7.05 Å². The van der Waals surface area contributed by atoms with E-state index in [2.05, 4.69) is 118 Å². The van der Waals surface area contributed by atoms with E-state index in [0.29, 0.717) is 0 Å². The van der Waals surface area contributed by atoms with Crippen LogP contribution in [0.5, 0.6) is 0 Å². The lowest BCUT2D eigenvalue weighted by Gasteiger charge is -2.28. The minimum Gasteiger partial charge on any atom is -0.344 e. The molecule has 164 valence electrons. The maximum absolute atomic E-state index is 2.58. The zero-order valence-electron chi connectivity index (χ0n) is 20.4. The SMILES string of the molecule is CCCCN1C(=CC2=[N+](C)c3ccc4ccccc4c3C2(C)C)C(C)(C)c2ccccc21. The van der Waals surface area contributed by atoms with Gasteiger partial charge in [0, 0.05) is 41.1 Å². The fourth-order valence-corrected chi connectivity index (χ4v) is 5.94. The molecule has 2 aliphatic heterocycles. The van der Waals surface area contributed by atoms with Gasteiger partial charge in [0.2, 0.25) is 5.69 Å². The molecule has 0 aromatic heterocycles. The Morgan fingerprint density at radius 3 is 2.38 bits per heavy atom. The topological polar surface area (TPSA) is 6.25 Å². The summed E-state index contributed by atoms with van der Waals surface area (Å²) in [5.74, 6) is 0. The van der Waals surface area contributed by atoms with Gasteiger partial charge in [0.05, 0.1) is 5.41 Å². The minimum atomic E-state index is -0.0702. The van der Waals surface area contributed by atoms with E-state index >= 15 is 0 Å². The zero-order chi connectivity index (χ0) is 22.7. The number of hydrogen-bond donors (Lipinski definition) is 0. The summed E-state index contributed by atoms with van der Waals surface area (Å²) in [7, 11) is 2.24. The Bertz CT molecular complexity index is 1270. The Balaban J connectivity index is 1.70. The van der Waals surface area contributed by atoms with Crippen molar-refractivity contribution in [3.8, 4) is 0 Å². The van der Waals surface area contributed by atoms with Crippen molar-refractivity contribution in [1.29, 1.82) is 0 Å². The van der Waals surface area contributed by atoms with Crippen LogP contribution in [0.4, 0.5) is 11.4 Å². The number of para-hydroxylation sites is 1. The molecule has 0 N–H and O–H groups in total. The molecule has 0 aliphatic carbocycles. The first kappa shape index (κ1) is 21.0. The van der Waals surface area contributed by atoms with Gasteiger partial charge in [-0.05, 0) is 48.7 Å². The predicted octanol–water partition coefficient (Wildman–Crippen LogP) is 7.33. The quantitative estimate of drug-likeness (QED) is 0.398. The van der Waals surface area contributed by atoms with Crippen LogP contribution in [0.15, 0.2) is 72.4 Å². The number of benzene rings is 3. The summed E-state index contributed by atoms with van der Waals surface area (Å²) in [5.41, 5.74) is 8.28. The molecule has 2 aliphatic rings. The summed E-state index contributed by atoms with van der Waals surface area (Å²) >= 11 is 0. The number of allylic oxidation sites excluding steroid dienone is 2. The van der Waals surface area contributed by atoms with E-state index in [1.165, 1.54) is 57.5 Å².